The lowest BCUT2D eigenvalue weighted by Crippen LogP contribution is -2.41. The summed E-state index contributed by atoms with van der Waals surface area (Å²) in [5, 5.41) is 2.80. The third-order valence-corrected chi connectivity index (χ3v) is 5.44. The monoisotopic (exact) mass is 418 g/mol. The number of benzene rings is 2. The van der Waals surface area contributed by atoms with Gasteiger partial charge < -0.3 is 10.1 Å². The molecule has 29 heavy (non-hydrogen) atoms. The maximum Gasteiger partial charge on any atom is 0.241 e. The summed E-state index contributed by atoms with van der Waals surface area (Å²) >= 11 is 0. The Morgan fingerprint density at radius 2 is 1.79 bits per heavy atom. The van der Waals surface area contributed by atoms with Gasteiger partial charge in [0.25, 0.3) is 0 Å². The minimum absolute atomic E-state index is 0.186. The van der Waals surface area contributed by atoms with Crippen molar-refractivity contribution in [3.8, 4) is 5.75 Å². The molecule has 1 N–H and O–H groups in total. The van der Waals surface area contributed by atoms with Gasteiger partial charge in [0.15, 0.2) is 5.78 Å². The van der Waals surface area contributed by atoms with Crippen molar-refractivity contribution >= 4 is 27.4 Å². The number of ketones is 1. The van der Waals surface area contributed by atoms with Crippen LogP contribution in [0.4, 0.5) is 5.69 Å². The number of ether oxygens (including phenoxy) is 1. The lowest BCUT2D eigenvalue weighted by atomic mass is 10.1. The minimum atomic E-state index is -3.72. The predicted molar refractivity (Wildman–Crippen MR) is 113 cm³/mol. The van der Waals surface area contributed by atoms with Crippen LogP contribution in [0.3, 0.4) is 0 Å². The van der Waals surface area contributed by atoms with Gasteiger partial charge in [0.1, 0.15) is 12.3 Å². The van der Waals surface area contributed by atoms with E-state index in [9.17, 15) is 18.0 Å². The van der Waals surface area contributed by atoms with Crippen LogP contribution in [-0.4, -0.2) is 39.5 Å². The van der Waals surface area contributed by atoms with Gasteiger partial charge >= 0.3 is 0 Å². The van der Waals surface area contributed by atoms with E-state index in [1.54, 1.807) is 18.2 Å². The molecule has 0 aliphatic rings. The molecule has 0 saturated heterocycles. The average Bonchev–Trinajstić information content (AvgIpc) is 2.66. The summed E-state index contributed by atoms with van der Waals surface area (Å²) in [4.78, 5) is 24.1. The normalized spacial score (nSPS) is 12.1. The highest BCUT2D eigenvalue weighted by Gasteiger charge is 2.22. The number of carbonyl (C=O) groups is 2. The molecule has 1 atom stereocenters. The molecule has 7 nitrogen and oxygen atoms in total. The average molecular weight is 419 g/mol. The van der Waals surface area contributed by atoms with Gasteiger partial charge in [0.2, 0.25) is 15.9 Å². The topological polar surface area (TPSA) is 92.8 Å². The Morgan fingerprint density at radius 3 is 2.34 bits per heavy atom. The maximum atomic E-state index is 12.5. The zero-order valence-electron chi connectivity index (χ0n) is 17.0. The Morgan fingerprint density at radius 1 is 1.14 bits per heavy atom. The number of hydrogen-bond donors (Lipinski definition) is 1. The van der Waals surface area contributed by atoms with Crippen LogP contribution < -0.4 is 14.4 Å². The molecule has 0 spiro atoms. The number of amides is 1. The molecule has 2 rings (SSSR count). The first-order valence-corrected chi connectivity index (χ1v) is 11.1. The molecule has 0 saturated carbocycles. The summed E-state index contributed by atoms with van der Waals surface area (Å²) in [6.45, 7) is 5.29. The molecule has 156 valence electrons. The van der Waals surface area contributed by atoms with Crippen molar-refractivity contribution in [3.63, 3.8) is 0 Å². The van der Waals surface area contributed by atoms with E-state index >= 15 is 0 Å². The lowest BCUT2D eigenvalue weighted by Gasteiger charge is -2.23. The second-order valence-corrected chi connectivity index (χ2v) is 8.57. The highest BCUT2D eigenvalue weighted by atomic mass is 32.2. The van der Waals surface area contributed by atoms with Gasteiger partial charge in [0.05, 0.1) is 24.6 Å². The Kier molecular flexibility index (Phi) is 7.39. The van der Waals surface area contributed by atoms with E-state index in [1.807, 2.05) is 38.1 Å². The lowest BCUT2D eigenvalue weighted by molar-refractivity contribution is -0.120. The number of carbonyl (C=O) groups excluding carboxylic acids is 2. The molecule has 0 bridgehead atoms. The van der Waals surface area contributed by atoms with Crippen molar-refractivity contribution in [3.05, 3.63) is 59.7 Å². The summed E-state index contributed by atoms with van der Waals surface area (Å²) in [5.41, 5.74) is 1.51. The number of rotatable bonds is 9. The summed E-state index contributed by atoms with van der Waals surface area (Å²) in [5.74, 6) is 0.0993. The van der Waals surface area contributed by atoms with E-state index in [0.717, 1.165) is 21.9 Å². The summed E-state index contributed by atoms with van der Waals surface area (Å²) in [7, 11) is -3.72. The fourth-order valence-electron chi connectivity index (χ4n) is 2.80. The number of nitrogens with one attached hydrogen (secondary N) is 1. The molecule has 2 aromatic rings. The van der Waals surface area contributed by atoms with Crippen LogP contribution >= 0.6 is 0 Å². The SMILES string of the molecule is CCOc1ccc([C@@H](C)NC(=O)CN(c2cccc(C(C)=O)c2)S(C)(=O)=O)cc1. The smallest absolute Gasteiger partial charge is 0.241 e. The third kappa shape index (κ3) is 6.32. The van der Waals surface area contributed by atoms with E-state index in [0.29, 0.717) is 12.2 Å². The summed E-state index contributed by atoms with van der Waals surface area (Å²) < 4.78 is 30.9. The first-order chi connectivity index (χ1) is 13.6. The van der Waals surface area contributed by atoms with Crippen molar-refractivity contribution in [2.75, 3.05) is 23.7 Å². The van der Waals surface area contributed by atoms with Crippen LogP contribution in [0.5, 0.6) is 5.75 Å². The molecule has 0 fully saturated rings. The highest BCUT2D eigenvalue weighted by molar-refractivity contribution is 7.92. The van der Waals surface area contributed by atoms with E-state index in [4.69, 9.17) is 4.74 Å². The second kappa shape index (κ2) is 9.56. The van der Waals surface area contributed by atoms with Crippen molar-refractivity contribution in [1.29, 1.82) is 0 Å². The highest BCUT2D eigenvalue weighted by Crippen LogP contribution is 2.21. The third-order valence-electron chi connectivity index (χ3n) is 4.30. The number of nitrogens with zero attached hydrogens (tertiary/aromatic N) is 1. The van der Waals surface area contributed by atoms with Crippen molar-refractivity contribution in [1.82, 2.24) is 5.32 Å². The molecule has 2 aromatic carbocycles. The largest absolute Gasteiger partial charge is 0.494 e. The van der Waals surface area contributed by atoms with Gasteiger partial charge in [0, 0.05) is 5.56 Å². The molecular weight excluding hydrogens is 392 g/mol. The van der Waals surface area contributed by atoms with Gasteiger partial charge in [-0.15, -0.1) is 0 Å². The van der Waals surface area contributed by atoms with E-state index in [1.165, 1.54) is 13.0 Å². The van der Waals surface area contributed by atoms with Crippen LogP contribution in [0, 0.1) is 0 Å². The Hall–Kier alpha value is -2.87. The van der Waals surface area contributed by atoms with Crippen LogP contribution in [0.25, 0.3) is 0 Å². The van der Waals surface area contributed by atoms with Crippen LogP contribution in [-0.2, 0) is 14.8 Å². The minimum Gasteiger partial charge on any atom is -0.494 e. The van der Waals surface area contributed by atoms with Gasteiger partial charge in [-0.1, -0.05) is 24.3 Å². The van der Waals surface area contributed by atoms with E-state index < -0.39 is 15.9 Å². The van der Waals surface area contributed by atoms with Crippen LogP contribution in [0.1, 0.15) is 42.7 Å². The van der Waals surface area contributed by atoms with Gasteiger partial charge in [-0.25, -0.2) is 8.42 Å². The van der Waals surface area contributed by atoms with Gasteiger partial charge in [-0.05, 0) is 50.6 Å². The Balaban J connectivity index is 2.14. The van der Waals surface area contributed by atoms with Crippen molar-refractivity contribution < 1.29 is 22.7 Å². The molecule has 0 aromatic heterocycles. The molecule has 8 heteroatoms. The fourth-order valence-corrected chi connectivity index (χ4v) is 3.65. The standard InChI is InChI=1S/C21H26N2O5S/c1-5-28-20-11-9-17(10-12-20)15(2)22-21(25)14-23(29(4,26)27)19-8-6-7-18(13-19)16(3)24/h6-13,15H,5,14H2,1-4H3,(H,22,25)/t15-/m1/s1. The van der Waals surface area contributed by atoms with Crippen molar-refractivity contribution in [2.24, 2.45) is 0 Å². The van der Waals surface area contributed by atoms with Gasteiger partial charge in [-0.2, -0.15) is 0 Å². The van der Waals surface area contributed by atoms with E-state index in [2.05, 4.69) is 5.32 Å². The maximum absolute atomic E-state index is 12.5. The fraction of sp³-hybridized carbons (Fsp3) is 0.333. The quantitative estimate of drug-likeness (QED) is 0.632. The van der Waals surface area contributed by atoms with Crippen LogP contribution in [0.2, 0.25) is 0 Å². The molecule has 0 unspecified atom stereocenters. The molecule has 0 radical (unpaired) electrons. The first kappa shape index (κ1) is 22.4. The number of anilines is 1. The first-order valence-electron chi connectivity index (χ1n) is 9.22. The van der Waals surface area contributed by atoms with Crippen molar-refractivity contribution in [2.45, 2.75) is 26.8 Å². The molecule has 0 aliphatic carbocycles. The summed E-state index contributed by atoms with van der Waals surface area (Å²) in [6, 6.07) is 13.2. The summed E-state index contributed by atoms with van der Waals surface area (Å²) in [6.07, 6.45) is 1.02. The zero-order valence-corrected chi connectivity index (χ0v) is 17.8. The zero-order chi connectivity index (χ0) is 21.6. The molecule has 0 aliphatic heterocycles. The number of Topliss-reactive ketones (excluding diaryl/α,β-unsaturated/α-hetero) is 1. The van der Waals surface area contributed by atoms with Crippen LogP contribution in [0.15, 0.2) is 48.5 Å². The molecule has 0 heterocycles. The molecule has 1 amide bonds. The predicted octanol–water partition coefficient (Wildman–Crippen LogP) is 2.93. The number of sulfonamides is 1. The second-order valence-electron chi connectivity index (χ2n) is 6.67. The van der Waals surface area contributed by atoms with E-state index in [-0.39, 0.29) is 24.1 Å². The Labute approximate surface area is 171 Å². The Bertz CT molecular complexity index is 971. The number of hydrogen-bond acceptors (Lipinski definition) is 5. The molecular formula is C21H26N2O5S. The van der Waals surface area contributed by atoms with Gasteiger partial charge in [-0.3, -0.25) is 13.9 Å².